The second-order valence-electron chi connectivity index (χ2n) is 5.78. The first-order valence-electron chi connectivity index (χ1n) is 8.44. The van der Waals surface area contributed by atoms with E-state index >= 15 is 0 Å². The van der Waals surface area contributed by atoms with Gasteiger partial charge in [-0.15, -0.1) is 0 Å². The number of nitrogens with one attached hydrogen (secondary N) is 1. The fourth-order valence-corrected chi connectivity index (χ4v) is 2.63. The second kappa shape index (κ2) is 8.91. The summed E-state index contributed by atoms with van der Waals surface area (Å²) in [4.78, 5) is 24.4. The normalized spacial score (nSPS) is 10.5. The summed E-state index contributed by atoms with van der Waals surface area (Å²) in [5.41, 5.74) is 0.552. The number of nitrogens with zero attached hydrogens (tertiary/aromatic N) is 1. The number of benzene rings is 2. The minimum absolute atomic E-state index is 0.0345. The van der Waals surface area contributed by atoms with Crippen LogP contribution in [0.3, 0.4) is 0 Å². The van der Waals surface area contributed by atoms with E-state index in [-0.39, 0.29) is 28.5 Å². The van der Waals surface area contributed by atoms with Gasteiger partial charge in [0.2, 0.25) is 5.76 Å². The smallest absolute Gasteiger partial charge is 0.387 e. The van der Waals surface area contributed by atoms with Crippen molar-refractivity contribution in [2.24, 2.45) is 0 Å². The molecule has 0 saturated carbocycles. The van der Waals surface area contributed by atoms with Crippen LogP contribution in [0.15, 0.2) is 46.9 Å². The lowest BCUT2D eigenvalue weighted by molar-refractivity contribution is -0.119. The molecule has 1 aromatic heterocycles. The Hall–Kier alpha value is -4.13. The Bertz CT molecular complexity index is 1140. The van der Waals surface area contributed by atoms with E-state index in [0.717, 1.165) is 12.1 Å². The van der Waals surface area contributed by atoms with Crippen LogP contribution in [0.2, 0.25) is 0 Å². The third-order valence-corrected chi connectivity index (χ3v) is 3.91. The summed E-state index contributed by atoms with van der Waals surface area (Å²) in [5, 5.41) is 12.2. The summed E-state index contributed by atoms with van der Waals surface area (Å²) in [6.45, 7) is -3.71. The van der Waals surface area contributed by atoms with Crippen molar-refractivity contribution in [3.8, 4) is 17.6 Å². The maximum absolute atomic E-state index is 12.4. The van der Waals surface area contributed by atoms with E-state index in [1.54, 1.807) is 24.3 Å². The number of para-hydroxylation sites is 1. The molecule has 1 N–H and O–H groups in total. The maximum atomic E-state index is 12.4. The molecule has 0 radical (unpaired) electrons. The molecule has 30 heavy (non-hydrogen) atoms. The third kappa shape index (κ3) is 4.47. The Morgan fingerprint density at radius 1 is 1.20 bits per heavy atom. The molecule has 1 amide bonds. The van der Waals surface area contributed by atoms with Gasteiger partial charge in [-0.2, -0.15) is 14.0 Å². The van der Waals surface area contributed by atoms with Crippen LogP contribution in [0.25, 0.3) is 11.0 Å². The van der Waals surface area contributed by atoms with Gasteiger partial charge < -0.3 is 23.9 Å². The minimum Gasteiger partial charge on any atom is -0.493 e. The Morgan fingerprint density at radius 3 is 2.67 bits per heavy atom. The highest BCUT2D eigenvalue weighted by Crippen LogP contribution is 2.31. The molecule has 0 bridgehead atoms. The molecule has 1 heterocycles. The molecule has 0 unspecified atom stereocenters. The highest BCUT2D eigenvalue weighted by Gasteiger charge is 2.19. The Morgan fingerprint density at radius 2 is 1.97 bits per heavy atom. The summed E-state index contributed by atoms with van der Waals surface area (Å²) in [5.74, 6) is -2.02. The van der Waals surface area contributed by atoms with Crippen LogP contribution in [0, 0.1) is 11.3 Å². The zero-order valence-electron chi connectivity index (χ0n) is 15.5. The number of amides is 1. The molecule has 0 aliphatic heterocycles. The average molecular weight is 416 g/mol. The van der Waals surface area contributed by atoms with Gasteiger partial charge in [0.25, 0.3) is 5.91 Å². The number of carbonyl (C=O) groups excluding carboxylic acids is 2. The molecule has 2 aromatic carbocycles. The highest BCUT2D eigenvalue weighted by molar-refractivity contribution is 6.04. The zero-order chi connectivity index (χ0) is 21.7. The molecule has 0 aliphatic rings. The monoisotopic (exact) mass is 416 g/mol. The molecule has 8 nitrogen and oxygen atoms in total. The number of rotatable bonds is 7. The maximum Gasteiger partial charge on any atom is 0.387 e. The predicted octanol–water partition coefficient (Wildman–Crippen LogP) is 3.71. The lowest BCUT2D eigenvalue weighted by atomic mass is 10.2. The van der Waals surface area contributed by atoms with Crippen LogP contribution >= 0.6 is 0 Å². The Labute approximate surface area is 168 Å². The first-order chi connectivity index (χ1) is 14.4. The van der Waals surface area contributed by atoms with Crippen molar-refractivity contribution in [1.82, 2.24) is 0 Å². The number of carbonyl (C=O) groups is 2. The number of ether oxygens (including phenoxy) is 3. The van der Waals surface area contributed by atoms with Crippen LogP contribution < -0.4 is 14.8 Å². The van der Waals surface area contributed by atoms with Gasteiger partial charge >= 0.3 is 12.6 Å². The number of hydrogen-bond acceptors (Lipinski definition) is 7. The van der Waals surface area contributed by atoms with E-state index in [0.29, 0.717) is 11.0 Å². The molecule has 0 spiro atoms. The standard InChI is InChI=1S/C20H14F2N2O6/c1-27-15-8-11(6-7-14(15)30-20(21)22)19(26)28-10-17(25)24-18-12-4-2-3-5-13(12)29-16(18)9-23/h2-8,20H,10H2,1H3,(H,24,25). The van der Waals surface area contributed by atoms with Gasteiger partial charge in [-0.25, -0.2) is 4.79 Å². The van der Waals surface area contributed by atoms with Crippen LogP contribution in [0.5, 0.6) is 11.5 Å². The van der Waals surface area contributed by atoms with Crippen molar-refractivity contribution < 1.29 is 37.0 Å². The summed E-state index contributed by atoms with van der Waals surface area (Å²) < 4.78 is 44.2. The minimum atomic E-state index is -3.06. The molecule has 0 saturated heterocycles. The summed E-state index contributed by atoms with van der Waals surface area (Å²) in [6.07, 6.45) is 0. The van der Waals surface area contributed by atoms with Gasteiger partial charge in [0, 0.05) is 5.39 Å². The number of fused-ring (bicyclic) bond motifs is 1. The van der Waals surface area contributed by atoms with E-state index in [1.165, 1.54) is 13.2 Å². The number of nitriles is 1. The van der Waals surface area contributed by atoms with Crippen LogP contribution in [-0.4, -0.2) is 32.2 Å². The molecule has 0 aliphatic carbocycles. The lowest BCUT2D eigenvalue weighted by Crippen LogP contribution is -2.21. The predicted molar refractivity (Wildman–Crippen MR) is 99.5 cm³/mol. The van der Waals surface area contributed by atoms with Crippen molar-refractivity contribution >= 4 is 28.5 Å². The molecule has 10 heteroatoms. The number of hydrogen-bond donors (Lipinski definition) is 1. The largest absolute Gasteiger partial charge is 0.493 e. The number of esters is 1. The quantitative estimate of drug-likeness (QED) is 0.585. The summed E-state index contributed by atoms with van der Waals surface area (Å²) in [7, 11) is 1.22. The van der Waals surface area contributed by atoms with E-state index in [1.807, 2.05) is 6.07 Å². The fraction of sp³-hybridized carbons (Fsp3) is 0.150. The topological polar surface area (TPSA) is 111 Å². The van der Waals surface area contributed by atoms with Crippen molar-refractivity contribution in [1.29, 1.82) is 5.26 Å². The second-order valence-corrected chi connectivity index (χ2v) is 5.78. The van der Waals surface area contributed by atoms with Gasteiger partial charge in [0.1, 0.15) is 17.3 Å². The fourth-order valence-electron chi connectivity index (χ4n) is 2.63. The van der Waals surface area contributed by atoms with Gasteiger partial charge in [0.05, 0.1) is 12.7 Å². The number of methoxy groups -OCH3 is 1. The first kappa shape index (κ1) is 20.6. The van der Waals surface area contributed by atoms with Crippen molar-refractivity contribution in [3.05, 3.63) is 53.8 Å². The van der Waals surface area contributed by atoms with Gasteiger partial charge in [-0.3, -0.25) is 4.79 Å². The summed E-state index contributed by atoms with van der Waals surface area (Å²) >= 11 is 0. The van der Waals surface area contributed by atoms with Crippen LogP contribution in [0.4, 0.5) is 14.5 Å². The summed E-state index contributed by atoms with van der Waals surface area (Å²) in [6, 6.07) is 12.0. The molecule has 3 rings (SSSR count). The number of anilines is 1. The molecule has 3 aromatic rings. The Balaban J connectivity index is 1.67. The van der Waals surface area contributed by atoms with Gasteiger partial charge in [-0.05, 0) is 30.3 Å². The molecule has 0 fully saturated rings. The number of halogens is 2. The van der Waals surface area contributed by atoms with Gasteiger partial charge in [0.15, 0.2) is 18.1 Å². The van der Waals surface area contributed by atoms with Crippen LogP contribution in [0.1, 0.15) is 16.1 Å². The zero-order valence-corrected chi connectivity index (χ0v) is 15.5. The molecular weight excluding hydrogens is 402 g/mol. The van der Waals surface area contributed by atoms with Crippen LogP contribution in [-0.2, 0) is 9.53 Å². The van der Waals surface area contributed by atoms with Crippen molar-refractivity contribution in [3.63, 3.8) is 0 Å². The van der Waals surface area contributed by atoms with Crippen molar-refractivity contribution in [2.75, 3.05) is 19.0 Å². The van der Waals surface area contributed by atoms with E-state index in [4.69, 9.17) is 13.9 Å². The molecule has 154 valence electrons. The Kier molecular flexibility index (Phi) is 6.12. The van der Waals surface area contributed by atoms with Crippen molar-refractivity contribution in [2.45, 2.75) is 6.61 Å². The average Bonchev–Trinajstić information content (AvgIpc) is 3.09. The SMILES string of the molecule is COc1cc(C(=O)OCC(=O)Nc2c(C#N)oc3ccccc23)ccc1OC(F)F. The number of alkyl halides is 2. The van der Waals surface area contributed by atoms with E-state index in [2.05, 4.69) is 10.1 Å². The third-order valence-electron chi connectivity index (χ3n) is 3.91. The van der Waals surface area contributed by atoms with Gasteiger partial charge in [-0.1, -0.05) is 12.1 Å². The van der Waals surface area contributed by atoms with E-state index in [9.17, 15) is 23.6 Å². The first-order valence-corrected chi connectivity index (χ1v) is 8.44. The highest BCUT2D eigenvalue weighted by atomic mass is 19.3. The molecule has 0 atom stereocenters. The van der Waals surface area contributed by atoms with E-state index < -0.39 is 25.1 Å². The number of furan rings is 1. The molecular formula is C20H14F2N2O6. The lowest BCUT2D eigenvalue weighted by Gasteiger charge is -2.11.